The Morgan fingerprint density at radius 2 is 1.77 bits per heavy atom. The van der Waals surface area contributed by atoms with Crippen LogP contribution < -0.4 is 10.1 Å². The molecule has 0 amide bonds. The highest BCUT2D eigenvalue weighted by Crippen LogP contribution is 2.41. The van der Waals surface area contributed by atoms with E-state index < -0.39 is 0 Å². The quantitative estimate of drug-likeness (QED) is 0.414. The van der Waals surface area contributed by atoms with Crippen LogP contribution in [0.4, 0.5) is 0 Å². The molecule has 6 rings (SSSR count). The molecule has 2 fully saturated rings. The lowest BCUT2D eigenvalue weighted by atomic mass is 9.99. The van der Waals surface area contributed by atoms with Crippen LogP contribution in [0, 0.1) is 0 Å². The Morgan fingerprint density at radius 1 is 0.971 bits per heavy atom. The molecule has 2 aromatic heterocycles. The second-order valence-corrected chi connectivity index (χ2v) is 10.3. The summed E-state index contributed by atoms with van der Waals surface area (Å²) in [6, 6.07) is 17.1. The van der Waals surface area contributed by atoms with Gasteiger partial charge in [0.1, 0.15) is 11.4 Å². The van der Waals surface area contributed by atoms with E-state index in [9.17, 15) is 0 Å². The minimum absolute atomic E-state index is 0.00232. The van der Waals surface area contributed by atoms with Gasteiger partial charge in [-0.25, -0.2) is 9.50 Å². The number of nitrogens with one attached hydrogen (secondary N) is 1. The third-order valence-corrected chi connectivity index (χ3v) is 7.27. The van der Waals surface area contributed by atoms with Gasteiger partial charge in [0.2, 0.25) is 0 Å². The molecule has 4 aromatic rings. The van der Waals surface area contributed by atoms with E-state index in [0.29, 0.717) is 5.92 Å². The van der Waals surface area contributed by atoms with E-state index in [1.165, 1.54) is 5.56 Å². The highest BCUT2D eigenvalue weighted by atomic mass is 16.5. The van der Waals surface area contributed by atoms with Crippen molar-refractivity contribution in [2.75, 3.05) is 32.7 Å². The summed E-state index contributed by atoms with van der Waals surface area (Å²) in [7, 11) is 0. The fourth-order valence-electron chi connectivity index (χ4n) is 4.97. The molecule has 2 aliphatic rings. The summed E-state index contributed by atoms with van der Waals surface area (Å²) >= 11 is 0. The summed E-state index contributed by atoms with van der Waals surface area (Å²) in [6.07, 6.45) is 8.19. The second-order valence-electron chi connectivity index (χ2n) is 10.3. The Morgan fingerprint density at radius 3 is 2.51 bits per heavy atom. The zero-order chi connectivity index (χ0) is 23.8. The van der Waals surface area contributed by atoms with Crippen molar-refractivity contribution in [3.8, 4) is 28.0 Å². The third-order valence-electron chi connectivity index (χ3n) is 7.27. The van der Waals surface area contributed by atoms with Crippen molar-refractivity contribution in [3.05, 3.63) is 72.7 Å². The van der Waals surface area contributed by atoms with Gasteiger partial charge in [-0.3, -0.25) is 4.90 Å². The van der Waals surface area contributed by atoms with E-state index in [0.717, 1.165) is 79.2 Å². The first-order chi connectivity index (χ1) is 17.1. The summed E-state index contributed by atoms with van der Waals surface area (Å²) in [6.45, 7) is 9.82. The molecular formula is C29H33N5O. The fourth-order valence-corrected chi connectivity index (χ4v) is 4.97. The summed E-state index contributed by atoms with van der Waals surface area (Å²) < 4.78 is 8.34. The molecule has 6 nitrogen and oxygen atoms in total. The second kappa shape index (κ2) is 9.10. The lowest BCUT2D eigenvalue weighted by molar-refractivity contribution is 0.105. The number of fused-ring (bicyclic) bond motifs is 1. The Labute approximate surface area is 206 Å². The van der Waals surface area contributed by atoms with E-state index >= 15 is 0 Å². The van der Waals surface area contributed by atoms with Crippen molar-refractivity contribution in [2.45, 2.75) is 38.2 Å². The van der Waals surface area contributed by atoms with Crippen LogP contribution in [0.5, 0.6) is 5.75 Å². The topological polar surface area (TPSA) is 54.7 Å². The van der Waals surface area contributed by atoms with Crippen LogP contribution in [0.3, 0.4) is 0 Å². The lowest BCUT2D eigenvalue weighted by Crippen LogP contribution is -2.48. The minimum Gasteiger partial charge on any atom is -0.486 e. The lowest BCUT2D eigenvalue weighted by Gasteiger charge is -2.31. The first-order valence-corrected chi connectivity index (χ1v) is 12.7. The predicted octanol–water partition coefficient (Wildman–Crippen LogP) is 5.00. The van der Waals surface area contributed by atoms with E-state index in [2.05, 4.69) is 83.9 Å². The van der Waals surface area contributed by atoms with Gasteiger partial charge < -0.3 is 10.1 Å². The average Bonchev–Trinajstić information content (AvgIpc) is 3.50. The van der Waals surface area contributed by atoms with Crippen LogP contribution in [0.25, 0.3) is 27.9 Å². The molecule has 0 bridgehead atoms. The molecule has 1 saturated carbocycles. The fraction of sp³-hybridized carbons (Fsp3) is 0.379. The van der Waals surface area contributed by atoms with E-state index in [1.54, 1.807) is 0 Å². The number of piperazine rings is 1. The maximum absolute atomic E-state index is 6.46. The zero-order valence-electron chi connectivity index (χ0n) is 20.6. The van der Waals surface area contributed by atoms with Crippen LogP contribution in [0.15, 0.2) is 67.1 Å². The molecule has 1 aliphatic carbocycles. The van der Waals surface area contributed by atoms with Crippen LogP contribution in [0.2, 0.25) is 0 Å². The SMILES string of the molecule is CC(C)c1cccc(-c2cnn3cc(-c4ccc(OC5(CN6CCNCC6)CC5)cc4)cnc23)c1. The Hall–Kier alpha value is -3.22. The Kier molecular flexibility index (Phi) is 5.78. The molecule has 180 valence electrons. The molecule has 0 radical (unpaired) electrons. The normalized spacial score (nSPS) is 17.7. The van der Waals surface area contributed by atoms with Crippen molar-refractivity contribution in [1.82, 2.24) is 24.8 Å². The van der Waals surface area contributed by atoms with Crippen LogP contribution in [-0.2, 0) is 0 Å². The molecule has 3 heterocycles. The Bertz CT molecular complexity index is 1320. The zero-order valence-corrected chi connectivity index (χ0v) is 20.6. The molecule has 1 aliphatic heterocycles. The number of aromatic nitrogens is 3. The van der Waals surface area contributed by atoms with E-state index in [1.807, 2.05) is 16.9 Å². The first kappa shape index (κ1) is 22.3. The number of ether oxygens (including phenoxy) is 1. The summed E-state index contributed by atoms with van der Waals surface area (Å²) in [5, 5.41) is 8.03. The molecule has 2 aromatic carbocycles. The van der Waals surface area contributed by atoms with Gasteiger partial charge in [-0.2, -0.15) is 5.10 Å². The number of nitrogens with zero attached hydrogens (tertiary/aromatic N) is 4. The number of rotatable bonds is 7. The van der Waals surface area contributed by atoms with Gasteiger partial charge in [0.25, 0.3) is 0 Å². The van der Waals surface area contributed by atoms with Crippen LogP contribution >= 0.6 is 0 Å². The maximum Gasteiger partial charge on any atom is 0.162 e. The van der Waals surface area contributed by atoms with Gasteiger partial charge in [0.05, 0.1) is 6.20 Å². The van der Waals surface area contributed by atoms with Gasteiger partial charge in [-0.05, 0) is 47.6 Å². The number of benzene rings is 2. The van der Waals surface area contributed by atoms with Crippen molar-refractivity contribution in [2.24, 2.45) is 0 Å². The van der Waals surface area contributed by atoms with E-state index in [4.69, 9.17) is 9.72 Å². The van der Waals surface area contributed by atoms with Crippen LogP contribution in [0.1, 0.15) is 38.2 Å². The third kappa shape index (κ3) is 4.68. The molecule has 0 unspecified atom stereocenters. The molecule has 1 saturated heterocycles. The number of hydrogen-bond donors (Lipinski definition) is 1. The first-order valence-electron chi connectivity index (χ1n) is 12.7. The van der Waals surface area contributed by atoms with Gasteiger partial charge in [0, 0.05) is 56.2 Å². The molecule has 0 atom stereocenters. The average molecular weight is 468 g/mol. The molecule has 0 spiro atoms. The predicted molar refractivity (Wildman–Crippen MR) is 140 cm³/mol. The largest absolute Gasteiger partial charge is 0.486 e. The summed E-state index contributed by atoms with van der Waals surface area (Å²) in [5.41, 5.74) is 6.55. The van der Waals surface area contributed by atoms with Crippen molar-refractivity contribution in [3.63, 3.8) is 0 Å². The molecular weight excluding hydrogens is 434 g/mol. The molecule has 1 N–H and O–H groups in total. The van der Waals surface area contributed by atoms with Crippen molar-refractivity contribution in [1.29, 1.82) is 0 Å². The van der Waals surface area contributed by atoms with Gasteiger partial charge in [-0.15, -0.1) is 0 Å². The maximum atomic E-state index is 6.46. The molecule has 6 heteroatoms. The Balaban J connectivity index is 1.19. The van der Waals surface area contributed by atoms with E-state index in [-0.39, 0.29) is 5.60 Å². The minimum atomic E-state index is -0.00232. The molecule has 35 heavy (non-hydrogen) atoms. The summed E-state index contributed by atoms with van der Waals surface area (Å²) in [4.78, 5) is 7.31. The summed E-state index contributed by atoms with van der Waals surface area (Å²) in [5.74, 6) is 1.43. The smallest absolute Gasteiger partial charge is 0.162 e. The highest BCUT2D eigenvalue weighted by molar-refractivity contribution is 5.78. The monoisotopic (exact) mass is 467 g/mol. The van der Waals surface area contributed by atoms with Crippen molar-refractivity contribution >= 4 is 5.65 Å². The van der Waals surface area contributed by atoms with Crippen LogP contribution in [-0.4, -0.2) is 57.8 Å². The van der Waals surface area contributed by atoms with Gasteiger partial charge >= 0.3 is 0 Å². The number of hydrogen-bond acceptors (Lipinski definition) is 5. The van der Waals surface area contributed by atoms with Gasteiger partial charge in [0.15, 0.2) is 5.65 Å². The highest BCUT2D eigenvalue weighted by Gasteiger charge is 2.46. The standard InChI is InChI=1S/C29H33N5O/c1-21(2)23-4-3-5-24(16-23)27-18-32-34-19-25(17-31-28(27)34)22-6-8-26(9-7-22)35-29(10-11-29)20-33-14-12-30-13-15-33/h3-9,16-19,21,30H,10-15,20H2,1-2H3. The van der Waals surface area contributed by atoms with Crippen molar-refractivity contribution < 1.29 is 4.74 Å². The van der Waals surface area contributed by atoms with Gasteiger partial charge in [-0.1, -0.05) is 50.2 Å².